The number of hydrogen-bond acceptors (Lipinski definition) is 1. The quantitative estimate of drug-likeness (QED) is 0.523. The number of allylic oxidation sites excluding steroid dienone is 3. The molecule has 8 heavy (non-hydrogen) atoms. The van der Waals surface area contributed by atoms with E-state index in [1.165, 1.54) is 0 Å². The molecule has 1 atom stereocenters. The van der Waals surface area contributed by atoms with Gasteiger partial charge in [-0.3, -0.25) is 4.21 Å². The predicted molar refractivity (Wildman–Crippen MR) is 35.7 cm³/mol. The van der Waals surface area contributed by atoms with Crippen molar-refractivity contribution in [1.82, 2.24) is 0 Å². The largest absolute Gasteiger partial charge is 0.250 e. The van der Waals surface area contributed by atoms with Crippen molar-refractivity contribution in [2.75, 3.05) is 0 Å². The summed E-state index contributed by atoms with van der Waals surface area (Å²) in [7, 11) is -0.780. The van der Waals surface area contributed by atoms with E-state index in [-0.39, 0.29) is 0 Å². The summed E-state index contributed by atoms with van der Waals surface area (Å²) < 4.78 is 10.8. The van der Waals surface area contributed by atoms with Crippen molar-refractivity contribution in [1.29, 1.82) is 0 Å². The van der Waals surface area contributed by atoms with E-state index in [1.807, 2.05) is 19.1 Å². The molecule has 1 rings (SSSR count). The molecule has 0 aromatic heterocycles. The topological polar surface area (TPSA) is 17.1 Å². The van der Waals surface area contributed by atoms with Crippen molar-refractivity contribution >= 4 is 10.8 Å². The van der Waals surface area contributed by atoms with Crippen molar-refractivity contribution in [2.24, 2.45) is 0 Å². The third kappa shape index (κ3) is 0.892. The molecule has 0 aromatic carbocycles. The zero-order valence-corrected chi connectivity index (χ0v) is 5.57. The van der Waals surface area contributed by atoms with E-state index in [0.29, 0.717) is 0 Å². The van der Waals surface area contributed by atoms with Gasteiger partial charge in [0.1, 0.15) is 0 Å². The molecule has 0 spiro atoms. The van der Waals surface area contributed by atoms with Crippen molar-refractivity contribution < 1.29 is 4.21 Å². The molecule has 2 heteroatoms. The summed E-state index contributed by atoms with van der Waals surface area (Å²) in [5.74, 6) is 0. The first kappa shape index (κ1) is 5.76. The first-order valence-electron chi connectivity index (χ1n) is 2.62. The van der Waals surface area contributed by atoms with Gasteiger partial charge in [-0.05, 0) is 12.5 Å². The fourth-order valence-corrected chi connectivity index (χ4v) is 1.53. The van der Waals surface area contributed by atoms with Gasteiger partial charge in [-0.15, -0.1) is 0 Å². The smallest absolute Gasteiger partial charge is 0.0734 e. The van der Waals surface area contributed by atoms with E-state index in [1.54, 1.807) is 5.41 Å². The Morgan fingerprint density at radius 2 is 2.50 bits per heavy atom. The third-order valence-electron chi connectivity index (χ3n) is 1.09. The first-order chi connectivity index (χ1) is 3.84. The molecule has 1 nitrogen and oxygen atoms in total. The van der Waals surface area contributed by atoms with E-state index in [9.17, 15) is 4.21 Å². The Balaban J connectivity index is 2.73. The lowest BCUT2D eigenvalue weighted by Gasteiger charge is -1.89. The molecular weight excluding hydrogens is 120 g/mol. The van der Waals surface area contributed by atoms with Gasteiger partial charge in [0.25, 0.3) is 0 Å². The van der Waals surface area contributed by atoms with Gasteiger partial charge in [-0.25, -0.2) is 0 Å². The van der Waals surface area contributed by atoms with Crippen LogP contribution in [-0.2, 0) is 10.8 Å². The van der Waals surface area contributed by atoms with Crippen molar-refractivity contribution in [3.8, 4) is 0 Å². The van der Waals surface area contributed by atoms with Gasteiger partial charge in [-0.1, -0.05) is 13.0 Å². The van der Waals surface area contributed by atoms with Crippen LogP contribution in [0.3, 0.4) is 0 Å². The second-order valence-corrected chi connectivity index (χ2v) is 3.00. The molecule has 0 N–H and O–H groups in total. The third-order valence-corrected chi connectivity index (χ3v) is 2.44. The molecule has 44 valence electrons. The Morgan fingerprint density at radius 1 is 1.75 bits per heavy atom. The normalized spacial score (nSPS) is 26.1. The van der Waals surface area contributed by atoms with Crippen molar-refractivity contribution in [2.45, 2.75) is 13.3 Å². The second-order valence-electron chi connectivity index (χ2n) is 1.61. The maximum Gasteiger partial charge on any atom is 0.0734 e. The summed E-state index contributed by atoms with van der Waals surface area (Å²) in [5, 5.41) is 1.71. The molecule has 0 bridgehead atoms. The Hall–Kier alpha value is -0.370. The van der Waals surface area contributed by atoms with Crippen LogP contribution in [0, 0.1) is 0 Å². The fraction of sp³-hybridized carbons (Fsp3) is 0.333. The highest BCUT2D eigenvalue weighted by atomic mass is 32.2. The molecule has 0 aromatic rings. The minimum atomic E-state index is -0.780. The van der Waals surface area contributed by atoms with Crippen LogP contribution < -0.4 is 0 Å². The molecule has 1 aliphatic rings. The van der Waals surface area contributed by atoms with Crippen LogP contribution >= 0.6 is 0 Å². The maximum absolute atomic E-state index is 10.8. The standard InChI is InChI=1S/C6H8OS/c1-2-6-4-3-5-8(6)7/h3-5H,2H2,1H3. The van der Waals surface area contributed by atoms with Crippen LogP contribution in [0.2, 0.25) is 0 Å². The Kier molecular flexibility index (Phi) is 1.63. The van der Waals surface area contributed by atoms with Crippen molar-refractivity contribution in [3.63, 3.8) is 0 Å². The first-order valence-corrected chi connectivity index (χ1v) is 3.84. The zero-order chi connectivity index (χ0) is 5.98. The molecule has 0 radical (unpaired) electrons. The van der Waals surface area contributed by atoms with Crippen LogP contribution in [-0.4, -0.2) is 4.21 Å². The van der Waals surface area contributed by atoms with Crippen LogP contribution in [0.5, 0.6) is 0 Å². The second kappa shape index (κ2) is 2.27. The van der Waals surface area contributed by atoms with E-state index in [4.69, 9.17) is 0 Å². The summed E-state index contributed by atoms with van der Waals surface area (Å²) in [6, 6.07) is 0. The molecule has 0 saturated heterocycles. The minimum absolute atomic E-state index is 0.780. The highest BCUT2D eigenvalue weighted by Gasteiger charge is 2.03. The minimum Gasteiger partial charge on any atom is -0.250 e. The molecule has 0 amide bonds. The molecular formula is C6H8OS. The number of rotatable bonds is 1. The number of hydrogen-bond donors (Lipinski definition) is 0. The Labute approximate surface area is 51.6 Å². The summed E-state index contributed by atoms with van der Waals surface area (Å²) in [6.45, 7) is 2.01. The van der Waals surface area contributed by atoms with Gasteiger partial charge in [0, 0.05) is 10.3 Å². The molecule has 1 aliphatic heterocycles. The van der Waals surface area contributed by atoms with E-state index < -0.39 is 10.8 Å². The molecule has 1 heterocycles. The summed E-state index contributed by atoms with van der Waals surface area (Å²) in [6.07, 6.45) is 4.66. The Bertz CT molecular complexity index is 167. The molecule has 0 aliphatic carbocycles. The highest BCUT2D eigenvalue weighted by molar-refractivity contribution is 7.92. The molecule has 0 fully saturated rings. The monoisotopic (exact) mass is 128 g/mol. The van der Waals surface area contributed by atoms with E-state index in [2.05, 4.69) is 0 Å². The Morgan fingerprint density at radius 3 is 2.75 bits per heavy atom. The average molecular weight is 128 g/mol. The van der Waals surface area contributed by atoms with Crippen molar-refractivity contribution in [3.05, 3.63) is 22.5 Å². The summed E-state index contributed by atoms with van der Waals surface area (Å²) in [4.78, 5) is 1.03. The van der Waals surface area contributed by atoms with E-state index in [0.717, 1.165) is 11.3 Å². The maximum atomic E-state index is 10.8. The van der Waals surface area contributed by atoms with Crippen LogP contribution in [0.1, 0.15) is 13.3 Å². The zero-order valence-electron chi connectivity index (χ0n) is 4.76. The predicted octanol–water partition coefficient (Wildman–Crippen LogP) is 1.56. The van der Waals surface area contributed by atoms with Gasteiger partial charge < -0.3 is 0 Å². The van der Waals surface area contributed by atoms with E-state index >= 15 is 0 Å². The van der Waals surface area contributed by atoms with Crippen LogP contribution in [0.15, 0.2) is 22.5 Å². The van der Waals surface area contributed by atoms with Gasteiger partial charge in [0.2, 0.25) is 0 Å². The van der Waals surface area contributed by atoms with Crippen LogP contribution in [0.25, 0.3) is 0 Å². The van der Waals surface area contributed by atoms with Gasteiger partial charge in [0.15, 0.2) is 0 Å². The van der Waals surface area contributed by atoms with Gasteiger partial charge in [0.05, 0.1) is 10.8 Å². The summed E-state index contributed by atoms with van der Waals surface area (Å²) >= 11 is 0. The van der Waals surface area contributed by atoms with Gasteiger partial charge >= 0.3 is 0 Å². The molecule has 1 unspecified atom stereocenters. The average Bonchev–Trinajstić information content (AvgIpc) is 2.14. The highest BCUT2D eigenvalue weighted by Crippen LogP contribution is 2.13. The van der Waals surface area contributed by atoms with Gasteiger partial charge in [-0.2, -0.15) is 0 Å². The lowest BCUT2D eigenvalue weighted by Crippen LogP contribution is -1.82. The van der Waals surface area contributed by atoms with Crippen LogP contribution in [0.4, 0.5) is 0 Å². The SMILES string of the molecule is CCC1=CC=CS1=O. The fourth-order valence-electron chi connectivity index (χ4n) is 0.633. The lowest BCUT2D eigenvalue weighted by molar-refractivity contribution is 0.691. The molecule has 0 saturated carbocycles. The summed E-state index contributed by atoms with van der Waals surface area (Å²) in [5.41, 5.74) is 0. The lowest BCUT2D eigenvalue weighted by atomic mass is 10.4.